The van der Waals surface area contributed by atoms with Gasteiger partial charge in [-0.15, -0.1) is 0 Å². The molecule has 1 aromatic heterocycles. The summed E-state index contributed by atoms with van der Waals surface area (Å²) in [6, 6.07) is 2.85. The van der Waals surface area contributed by atoms with Crippen molar-refractivity contribution in [3.05, 3.63) is 49.7 Å². The molecule has 2 rings (SSSR count). The van der Waals surface area contributed by atoms with Gasteiger partial charge in [0, 0.05) is 0 Å². The Labute approximate surface area is 164 Å². The molecule has 0 saturated carbocycles. The molecule has 0 aliphatic rings. The zero-order valence-corrected chi connectivity index (χ0v) is 16.3. The van der Waals surface area contributed by atoms with Crippen molar-refractivity contribution in [2.24, 2.45) is 0 Å². The van der Waals surface area contributed by atoms with Gasteiger partial charge in [0.05, 0.1) is 32.8 Å². The largest absolute Gasteiger partial charge is 0.462 e. The molecule has 0 saturated heterocycles. The molecule has 0 radical (unpaired) electrons. The fourth-order valence-electron chi connectivity index (χ4n) is 2.36. The van der Waals surface area contributed by atoms with Crippen molar-refractivity contribution in [3.63, 3.8) is 0 Å². The quantitative estimate of drug-likeness (QED) is 0.411. The van der Waals surface area contributed by atoms with Crippen molar-refractivity contribution >= 4 is 58.3 Å². The van der Waals surface area contributed by atoms with Crippen molar-refractivity contribution in [3.8, 4) is 0 Å². The Bertz CT molecular complexity index is 904. The molecule has 0 bridgehead atoms. The minimum atomic E-state index is -0.798. The molecule has 1 aromatic carbocycles. The van der Waals surface area contributed by atoms with Gasteiger partial charge in [-0.05, 0) is 32.9 Å². The van der Waals surface area contributed by atoms with E-state index in [0.717, 1.165) is 0 Å². The predicted molar refractivity (Wildman–Crippen MR) is 98.8 cm³/mol. The minimum absolute atomic E-state index is 0.0297. The van der Waals surface area contributed by atoms with Crippen LogP contribution in [0, 0.1) is 6.92 Å². The average molecular weight is 419 g/mol. The average Bonchev–Trinajstić information content (AvgIpc) is 2.87. The first kappa shape index (κ1) is 20.3. The molecule has 9 heteroatoms. The molecule has 0 unspecified atom stereocenters. The number of esters is 1. The number of nitrogens with one attached hydrogen (secondary N) is 1. The van der Waals surface area contributed by atoms with Gasteiger partial charge in [-0.2, -0.15) is 0 Å². The molecule has 2 aromatic rings. The Morgan fingerprint density at radius 1 is 1.08 bits per heavy atom. The number of benzene rings is 1. The lowest BCUT2D eigenvalue weighted by Gasteiger charge is -2.09. The van der Waals surface area contributed by atoms with Gasteiger partial charge in [0.2, 0.25) is 5.88 Å². The summed E-state index contributed by atoms with van der Waals surface area (Å²) in [5.41, 5.74) is -0.226. The first-order valence-electron chi connectivity index (χ1n) is 7.45. The maximum atomic E-state index is 12.6. The lowest BCUT2D eigenvalue weighted by atomic mass is 10.1. The van der Waals surface area contributed by atoms with E-state index in [1.807, 2.05) is 0 Å². The van der Waals surface area contributed by atoms with E-state index in [4.69, 9.17) is 44.0 Å². The zero-order chi connectivity index (χ0) is 19.6. The summed E-state index contributed by atoms with van der Waals surface area (Å²) in [6.45, 7) is 4.47. The molecule has 1 heterocycles. The normalized spacial score (nSPS) is 10.5. The summed E-state index contributed by atoms with van der Waals surface area (Å²) in [5, 5.41) is 2.54. The van der Waals surface area contributed by atoms with Gasteiger partial charge in [0.1, 0.15) is 11.3 Å². The number of Topliss-reactive ketones (excluding diaryl/α,β-unsaturated/α-hetero) is 1. The number of anilines is 1. The van der Waals surface area contributed by atoms with Gasteiger partial charge >= 0.3 is 5.97 Å². The smallest absolute Gasteiger partial charge is 0.344 e. The predicted octanol–water partition coefficient (Wildman–Crippen LogP) is 5.18. The van der Waals surface area contributed by atoms with E-state index in [1.54, 1.807) is 6.92 Å². The maximum Gasteiger partial charge on any atom is 0.344 e. The number of carbonyl (C=O) groups excluding carboxylic acids is 3. The van der Waals surface area contributed by atoms with Crippen LogP contribution >= 0.6 is 34.8 Å². The summed E-state index contributed by atoms with van der Waals surface area (Å²) in [7, 11) is 0. The van der Waals surface area contributed by atoms with Gasteiger partial charge in [-0.25, -0.2) is 4.79 Å². The van der Waals surface area contributed by atoms with E-state index in [2.05, 4.69) is 5.32 Å². The number of hydrogen-bond donors (Lipinski definition) is 1. The first-order chi connectivity index (χ1) is 12.2. The summed E-state index contributed by atoms with van der Waals surface area (Å²) >= 11 is 18.0. The van der Waals surface area contributed by atoms with Crippen LogP contribution in [0.5, 0.6) is 0 Å². The van der Waals surface area contributed by atoms with Crippen LogP contribution in [0.25, 0.3) is 0 Å². The SMILES string of the molecule is CCOC(=O)c1c(NC(=O)c2c(Cl)ccc(Cl)c2Cl)oc(C)c1C(C)=O. The molecular formula is C17H14Cl3NO5. The highest BCUT2D eigenvalue weighted by Crippen LogP contribution is 2.34. The molecule has 0 aliphatic heterocycles. The highest BCUT2D eigenvalue weighted by Gasteiger charge is 2.29. The standard InChI is InChI=1S/C17H14Cl3NO5/c1-4-25-17(24)13-11(7(2)22)8(3)26-16(13)21-15(23)12-9(18)5-6-10(19)14(12)20/h5-6H,4H2,1-3H3,(H,21,23). The van der Waals surface area contributed by atoms with Crippen LogP contribution in [0.4, 0.5) is 5.88 Å². The molecule has 0 aliphatic carbocycles. The number of hydrogen-bond acceptors (Lipinski definition) is 5. The summed E-state index contributed by atoms with van der Waals surface area (Å²) in [5.74, 6) is -2.03. The minimum Gasteiger partial charge on any atom is -0.462 e. The maximum absolute atomic E-state index is 12.6. The lowest BCUT2D eigenvalue weighted by molar-refractivity contribution is 0.0524. The second kappa shape index (κ2) is 8.12. The molecule has 1 N–H and O–H groups in total. The summed E-state index contributed by atoms with van der Waals surface area (Å²) < 4.78 is 10.4. The van der Waals surface area contributed by atoms with Crippen LogP contribution in [-0.4, -0.2) is 24.3 Å². The number of carbonyl (C=O) groups is 3. The Morgan fingerprint density at radius 2 is 1.69 bits per heavy atom. The lowest BCUT2D eigenvalue weighted by Crippen LogP contribution is -2.17. The molecule has 0 fully saturated rings. The monoisotopic (exact) mass is 417 g/mol. The molecule has 0 atom stereocenters. The van der Waals surface area contributed by atoms with Gasteiger partial charge in [-0.3, -0.25) is 14.9 Å². The third kappa shape index (κ3) is 3.87. The second-order valence-electron chi connectivity index (χ2n) is 5.19. The van der Waals surface area contributed by atoms with Crippen LogP contribution < -0.4 is 5.32 Å². The number of aryl methyl sites for hydroxylation is 1. The van der Waals surface area contributed by atoms with Crippen LogP contribution in [0.1, 0.15) is 50.7 Å². The number of halogens is 3. The fraction of sp³-hybridized carbons (Fsp3) is 0.235. The third-order valence-electron chi connectivity index (χ3n) is 3.41. The first-order valence-corrected chi connectivity index (χ1v) is 8.58. The van der Waals surface area contributed by atoms with Crippen LogP contribution in [0.15, 0.2) is 16.5 Å². The van der Waals surface area contributed by atoms with Gasteiger partial charge in [-0.1, -0.05) is 34.8 Å². The number of ketones is 1. The van der Waals surface area contributed by atoms with Gasteiger partial charge < -0.3 is 9.15 Å². The van der Waals surface area contributed by atoms with Gasteiger partial charge in [0.25, 0.3) is 5.91 Å². The van der Waals surface area contributed by atoms with Crippen molar-refractivity contribution < 1.29 is 23.5 Å². The number of ether oxygens (including phenoxy) is 1. The number of amides is 1. The van der Waals surface area contributed by atoms with Crippen LogP contribution in [0.3, 0.4) is 0 Å². The van der Waals surface area contributed by atoms with E-state index in [1.165, 1.54) is 26.0 Å². The molecule has 1 amide bonds. The zero-order valence-electron chi connectivity index (χ0n) is 14.0. The van der Waals surface area contributed by atoms with Crippen molar-refractivity contribution in [1.29, 1.82) is 0 Å². The third-order valence-corrected chi connectivity index (χ3v) is 4.53. The van der Waals surface area contributed by atoms with E-state index in [9.17, 15) is 14.4 Å². The van der Waals surface area contributed by atoms with Crippen molar-refractivity contribution in [1.82, 2.24) is 0 Å². The highest BCUT2D eigenvalue weighted by atomic mass is 35.5. The summed E-state index contributed by atoms with van der Waals surface area (Å²) in [4.78, 5) is 36.7. The van der Waals surface area contributed by atoms with E-state index in [0.29, 0.717) is 0 Å². The Kier molecular flexibility index (Phi) is 6.34. The highest BCUT2D eigenvalue weighted by molar-refractivity contribution is 6.46. The fourth-order valence-corrected chi connectivity index (χ4v) is 3.06. The van der Waals surface area contributed by atoms with E-state index in [-0.39, 0.29) is 50.0 Å². The number of rotatable bonds is 5. The molecular weight excluding hydrogens is 405 g/mol. The Hall–Kier alpha value is -2.02. The van der Waals surface area contributed by atoms with Crippen LogP contribution in [-0.2, 0) is 4.74 Å². The van der Waals surface area contributed by atoms with Crippen LogP contribution in [0.2, 0.25) is 15.1 Å². The summed E-state index contributed by atoms with van der Waals surface area (Å²) in [6.07, 6.45) is 0. The number of furan rings is 1. The van der Waals surface area contributed by atoms with Crippen molar-refractivity contribution in [2.45, 2.75) is 20.8 Å². The Balaban J connectivity index is 2.52. The molecule has 26 heavy (non-hydrogen) atoms. The van der Waals surface area contributed by atoms with Crippen molar-refractivity contribution in [2.75, 3.05) is 11.9 Å². The van der Waals surface area contributed by atoms with Gasteiger partial charge in [0.15, 0.2) is 5.78 Å². The second-order valence-corrected chi connectivity index (χ2v) is 6.38. The molecule has 0 spiro atoms. The molecule has 6 nitrogen and oxygen atoms in total. The van der Waals surface area contributed by atoms with E-state index >= 15 is 0 Å². The topological polar surface area (TPSA) is 85.6 Å². The van der Waals surface area contributed by atoms with E-state index < -0.39 is 17.7 Å². The Morgan fingerprint density at radius 3 is 2.27 bits per heavy atom. The molecule has 138 valence electrons.